The molecule has 0 radical (unpaired) electrons. The maximum Gasteiger partial charge on any atom is 0.325 e. The van der Waals surface area contributed by atoms with Gasteiger partial charge in [0.1, 0.15) is 12.1 Å². The number of amides is 5. The van der Waals surface area contributed by atoms with E-state index in [9.17, 15) is 14.4 Å². The van der Waals surface area contributed by atoms with Crippen LogP contribution in [-0.4, -0.2) is 35.6 Å². The van der Waals surface area contributed by atoms with E-state index in [1.165, 1.54) is 4.90 Å². The second-order valence-electron chi connectivity index (χ2n) is 6.04. The molecule has 3 N–H and O–H groups in total. The molecule has 3 atom stereocenters. The van der Waals surface area contributed by atoms with Gasteiger partial charge in [-0.1, -0.05) is 42.6 Å². The molecule has 2 saturated heterocycles. The molecule has 0 saturated carbocycles. The summed E-state index contributed by atoms with van der Waals surface area (Å²) >= 11 is 12.5. The predicted molar refractivity (Wildman–Crippen MR) is 93.3 cm³/mol. The molecule has 0 spiro atoms. The molecule has 0 bridgehead atoms. The smallest absolute Gasteiger partial charge is 0.325 e. The summed E-state index contributed by atoms with van der Waals surface area (Å²) in [5.41, 5.74) is 0.468. The van der Waals surface area contributed by atoms with E-state index >= 15 is 0 Å². The predicted octanol–water partition coefficient (Wildman–Crippen LogP) is 2.64. The normalized spacial score (nSPS) is 25.8. The summed E-state index contributed by atoms with van der Waals surface area (Å²) < 4.78 is 0. The van der Waals surface area contributed by atoms with Gasteiger partial charge in [-0.05, 0) is 18.6 Å². The second-order valence-corrected chi connectivity index (χ2v) is 6.86. The van der Waals surface area contributed by atoms with Gasteiger partial charge in [-0.2, -0.15) is 0 Å². The van der Waals surface area contributed by atoms with Crippen molar-refractivity contribution in [2.75, 3.05) is 6.54 Å². The molecule has 0 aromatic heterocycles. The topological polar surface area (TPSA) is 90.5 Å². The number of benzene rings is 1. The molecule has 1 aromatic carbocycles. The number of rotatable bonds is 4. The Morgan fingerprint density at radius 3 is 2.44 bits per heavy atom. The third-order valence-corrected chi connectivity index (χ3v) is 5.12. The van der Waals surface area contributed by atoms with Crippen molar-refractivity contribution in [2.24, 2.45) is 5.92 Å². The van der Waals surface area contributed by atoms with Crippen molar-refractivity contribution in [1.29, 1.82) is 0 Å². The highest BCUT2D eigenvalue weighted by molar-refractivity contribution is 6.36. The molecule has 1 aromatic rings. The van der Waals surface area contributed by atoms with E-state index in [-0.39, 0.29) is 0 Å². The number of hydrogen-bond acceptors (Lipinski definition) is 3. The minimum absolute atomic E-state index is 0.350. The summed E-state index contributed by atoms with van der Waals surface area (Å²) in [6.45, 7) is 2.43. The fraction of sp³-hybridized carbons (Fsp3) is 0.438. The highest BCUT2D eigenvalue weighted by Gasteiger charge is 2.50. The van der Waals surface area contributed by atoms with E-state index in [1.54, 1.807) is 18.2 Å². The van der Waals surface area contributed by atoms with Gasteiger partial charge in [0, 0.05) is 22.2 Å². The fourth-order valence-corrected chi connectivity index (χ4v) is 3.89. The zero-order valence-electron chi connectivity index (χ0n) is 13.5. The molecule has 3 rings (SSSR count). The van der Waals surface area contributed by atoms with Crippen LogP contribution in [0, 0.1) is 5.92 Å². The van der Waals surface area contributed by atoms with Crippen LogP contribution in [0.3, 0.4) is 0 Å². The number of imide groups is 1. The lowest BCUT2D eigenvalue weighted by Crippen LogP contribution is -2.72. The van der Waals surface area contributed by atoms with Gasteiger partial charge in [0.2, 0.25) is 5.91 Å². The molecule has 2 aliphatic rings. The second kappa shape index (κ2) is 7.09. The molecule has 3 unspecified atom stereocenters. The molecular formula is C16H18Cl2N4O3. The molecular weight excluding hydrogens is 367 g/mol. The molecule has 25 heavy (non-hydrogen) atoms. The van der Waals surface area contributed by atoms with Gasteiger partial charge in [0.15, 0.2) is 0 Å². The van der Waals surface area contributed by atoms with Crippen LogP contribution >= 0.6 is 23.2 Å². The number of hydrogen-bond donors (Lipinski definition) is 3. The Bertz CT molecular complexity index is 707. The van der Waals surface area contributed by atoms with Crippen molar-refractivity contribution < 1.29 is 14.4 Å². The SMILES string of the molecule is CCCCN1C(=O)NC(=O)C2C(c3c(Cl)cccc3Cl)NC(=O)NC21. The van der Waals surface area contributed by atoms with Gasteiger partial charge >= 0.3 is 12.1 Å². The Kier molecular flexibility index (Phi) is 5.06. The van der Waals surface area contributed by atoms with Crippen molar-refractivity contribution in [2.45, 2.75) is 32.0 Å². The third-order valence-electron chi connectivity index (χ3n) is 4.46. The lowest BCUT2D eigenvalue weighted by Gasteiger charge is -2.46. The minimum Gasteiger partial charge on any atom is -0.330 e. The van der Waals surface area contributed by atoms with Crippen LogP contribution in [0.4, 0.5) is 9.59 Å². The van der Waals surface area contributed by atoms with Gasteiger partial charge in [-0.15, -0.1) is 0 Å². The number of halogens is 2. The van der Waals surface area contributed by atoms with E-state index in [1.807, 2.05) is 6.92 Å². The minimum atomic E-state index is -0.751. The van der Waals surface area contributed by atoms with Crippen molar-refractivity contribution in [3.63, 3.8) is 0 Å². The Morgan fingerprint density at radius 2 is 1.80 bits per heavy atom. The summed E-state index contributed by atoms with van der Waals surface area (Å²) in [4.78, 5) is 38.4. The average molecular weight is 385 g/mol. The van der Waals surface area contributed by atoms with Gasteiger partial charge < -0.3 is 15.5 Å². The summed E-state index contributed by atoms with van der Waals surface area (Å²) in [5.74, 6) is -1.22. The van der Waals surface area contributed by atoms with Crippen LogP contribution < -0.4 is 16.0 Å². The maximum atomic E-state index is 12.5. The number of carbonyl (C=O) groups excluding carboxylic acids is 3. The lowest BCUT2D eigenvalue weighted by atomic mass is 9.86. The first-order valence-electron chi connectivity index (χ1n) is 8.06. The van der Waals surface area contributed by atoms with E-state index in [2.05, 4.69) is 16.0 Å². The highest BCUT2D eigenvalue weighted by Crippen LogP contribution is 2.38. The number of carbonyl (C=O) groups is 3. The highest BCUT2D eigenvalue weighted by atomic mass is 35.5. The summed E-state index contributed by atoms with van der Waals surface area (Å²) in [7, 11) is 0. The van der Waals surface area contributed by atoms with Crippen molar-refractivity contribution in [3.05, 3.63) is 33.8 Å². The van der Waals surface area contributed by atoms with E-state index in [0.29, 0.717) is 22.2 Å². The molecule has 9 heteroatoms. The van der Waals surface area contributed by atoms with Crippen LogP contribution in [-0.2, 0) is 4.79 Å². The first-order chi connectivity index (χ1) is 11.9. The Hall–Kier alpha value is -1.99. The van der Waals surface area contributed by atoms with E-state index in [4.69, 9.17) is 23.2 Å². The van der Waals surface area contributed by atoms with Crippen LogP contribution in [0.1, 0.15) is 31.4 Å². The molecule has 5 amide bonds. The van der Waals surface area contributed by atoms with Crippen molar-refractivity contribution >= 4 is 41.2 Å². The molecule has 2 fully saturated rings. The molecule has 2 heterocycles. The summed E-state index contributed by atoms with van der Waals surface area (Å²) in [6, 6.07) is 3.25. The molecule has 7 nitrogen and oxygen atoms in total. The standard InChI is InChI=1S/C16H18Cl2N4O3/c1-2-3-7-22-13-11(14(23)21-16(22)25)12(19-15(24)20-13)10-8(17)5-4-6-9(10)18/h4-6,11-13H,2-3,7H2,1H3,(H2,19,20,24)(H,21,23,25). The number of urea groups is 2. The fourth-order valence-electron chi connectivity index (χ4n) is 3.26. The monoisotopic (exact) mass is 384 g/mol. The zero-order chi connectivity index (χ0) is 18.1. The zero-order valence-corrected chi connectivity index (χ0v) is 15.0. The van der Waals surface area contributed by atoms with Crippen LogP contribution in [0.15, 0.2) is 18.2 Å². The molecule has 0 aliphatic carbocycles. The first kappa shape index (κ1) is 17.8. The van der Waals surface area contributed by atoms with Crippen LogP contribution in [0.5, 0.6) is 0 Å². The largest absolute Gasteiger partial charge is 0.330 e. The average Bonchev–Trinajstić information content (AvgIpc) is 2.53. The van der Waals surface area contributed by atoms with Gasteiger partial charge in [-0.3, -0.25) is 10.1 Å². The van der Waals surface area contributed by atoms with Crippen molar-refractivity contribution in [3.8, 4) is 0 Å². The van der Waals surface area contributed by atoms with E-state index < -0.39 is 36.1 Å². The Balaban J connectivity index is 2.02. The Labute approximate surface area is 155 Å². The van der Waals surface area contributed by atoms with Crippen LogP contribution in [0.25, 0.3) is 0 Å². The summed E-state index contributed by atoms with van der Waals surface area (Å²) in [6.07, 6.45) is 0.881. The van der Waals surface area contributed by atoms with Crippen LogP contribution in [0.2, 0.25) is 10.0 Å². The van der Waals surface area contributed by atoms with Gasteiger partial charge in [-0.25, -0.2) is 9.59 Å². The van der Waals surface area contributed by atoms with Gasteiger partial charge in [0.25, 0.3) is 0 Å². The summed E-state index contributed by atoms with van der Waals surface area (Å²) in [5, 5.41) is 8.46. The number of unbranched alkanes of at least 4 members (excludes halogenated alkanes) is 1. The number of nitrogens with one attached hydrogen (secondary N) is 3. The molecule has 2 aliphatic heterocycles. The van der Waals surface area contributed by atoms with E-state index in [0.717, 1.165) is 12.8 Å². The van der Waals surface area contributed by atoms with Gasteiger partial charge in [0.05, 0.1) is 6.04 Å². The number of nitrogens with zero attached hydrogens (tertiary/aromatic N) is 1. The Morgan fingerprint density at radius 1 is 1.12 bits per heavy atom. The number of fused-ring (bicyclic) bond motifs is 1. The first-order valence-corrected chi connectivity index (χ1v) is 8.82. The third kappa shape index (κ3) is 3.26. The maximum absolute atomic E-state index is 12.5. The lowest BCUT2D eigenvalue weighted by molar-refractivity contribution is -0.130. The molecule has 134 valence electrons. The van der Waals surface area contributed by atoms with Crippen molar-refractivity contribution in [1.82, 2.24) is 20.9 Å². The quantitative estimate of drug-likeness (QED) is 0.744.